The first-order valence-electron chi connectivity index (χ1n) is 11.9. The maximum absolute atomic E-state index is 13.9. The van der Waals surface area contributed by atoms with E-state index in [9.17, 15) is 14.0 Å². The van der Waals surface area contributed by atoms with Gasteiger partial charge in [0.2, 0.25) is 5.91 Å². The number of rotatable bonds is 6. The van der Waals surface area contributed by atoms with Gasteiger partial charge in [0.15, 0.2) is 0 Å². The van der Waals surface area contributed by atoms with Crippen molar-refractivity contribution in [3.63, 3.8) is 0 Å². The fourth-order valence-electron chi connectivity index (χ4n) is 4.71. The fraction of sp³-hybridized carbons (Fsp3) is 0.172. The number of halogens is 4. The topological polar surface area (TPSA) is 40.6 Å². The molecular weight excluding hydrogens is 566 g/mol. The molecule has 0 aliphatic carbocycles. The second kappa shape index (κ2) is 11.5. The molecule has 1 atom stereocenters. The summed E-state index contributed by atoms with van der Waals surface area (Å²) in [6.45, 7) is 0.392. The smallest absolute Gasteiger partial charge is 0.256 e. The van der Waals surface area contributed by atoms with E-state index >= 15 is 0 Å². The zero-order chi connectivity index (χ0) is 26.8. The van der Waals surface area contributed by atoms with Gasteiger partial charge in [-0.1, -0.05) is 65.1 Å². The molecule has 0 bridgehead atoms. The van der Waals surface area contributed by atoms with E-state index in [-0.39, 0.29) is 30.7 Å². The van der Waals surface area contributed by atoms with E-state index in [2.05, 4.69) is 0 Å². The minimum Gasteiger partial charge on any atom is -0.330 e. The molecule has 1 aliphatic heterocycles. The van der Waals surface area contributed by atoms with Crippen molar-refractivity contribution in [2.75, 3.05) is 13.1 Å². The number of fused-ring (bicyclic) bond motifs is 1. The zero-order valence-electron chi connectivity index (χ0n) is 20.0. The van der Waals surface area contributed by atoms with E-state index in [1.165, 1.54) is 21.9 Å². The molecule has 38 heavy (non-hydrogen) atoms. The van der Waals surface area contributed by atoms with Gasteiger partial charge in [0.1, 0.15) is 12.4 Å². The quantitative estimate of drug-likeness (QED) is 0.232. The monoisotopic (exact) mass is 586 g/mol. The largest absolute Gasteiger partial charge is 0.330 e. The molecule has 0 spiro atoms. The van der Waals surface area contributed by atoms with E-state index in [4.69, 9.17) is 34.8 Å². The van der Waals surface area contributed by atoms with Crippen molar-refractivity contribution in [3.8, 4) is 0 Å². The van der Waals surface area contributed by atoms with Gasteiger partial charge < -0.3 is 9.80 Å². The van der Waals surface area contributed by atoms with Crippen LogP contribution in [0.1, 0.15) is 38.0 Å². The second-order valence-corrected chi connectivity index (χ2v) is 11.2. The van der Waals surface area contributed by atoms with Gasteiger partial charge in [0.05, 0.1) is 16.6 Å². The Kier molecular flexibility index (Phi) is 8.05. The van der Waals surface area contributed by atoms with Gasteiger partial charge in [0, 0.05) is 28.0 Å². The number of amides is 2. The van der Waals surface area contributed by atoms with Gasteiger partial charge >= 0.3 is 0 Å². The van der Waals surface area contributed by atoms with Crippen LogP contribution < -0.4 is 0 Å². The molecule has 1 aromatic heterocycles. The molecule has 1 aliphatic rings. The molecule has 194 valence electrons. The van der Waals surface area contributed by atoms with E-state index in [1.807, 2.05) is 17.5 Å². The Morgan fingerprint density at radius 3 is 2.45 bits per heavy atom. The molecule has 0 fully saturated rings. The first-order valence-corrected chi connectivity index (χ1v) is 13.9. The summed E-state index contributed by atoms with van der Waals surface area (Å²) in [5.74, 6) is -1.00. The van der Waals surface area contributed by atoms with Gasteiger partial charge in [-0.05, 0) is 71.0 Å². The fourth-order valence-corrected chi connectivity index (χ4v) is 6.34. The van der Waals surface area contributed by atoms with E-state index in [1.54, 1.807) is 64.8 Å². The number of carbonyl (C=O) groups is 2. The molecule has 9 heteroatoms. The lowest BCUT2D eigenvalue weighted by Gasteiger charge is -2.38. The van der Waals surface area contributed by atoms with Gasteiger partial charge in [-0.25, -0.2) is 4.39 Å². The summed E-state index contributed by atoms with van der Waals surface area (Å²) < 4.78 is 13.5. The van der Waals surface area contributed by atoms with Gasteiger partial charge in [0.25, 0.3) is 5.91 Å². The average molecular weight is 588 g/mol. The molecule has 0 radical (unpaired) electrons. The highest BCUT2D eigenvalue weighted by molar-refractivity contribution is 7.10. The second-order valence-electron chi connectivity index (χ2n) is 8.97. The lowest BCUT2D eigenvalue weighted by molar-refractivity contribution is -0.134. The van der Waals surface area contributed by atoms with Crippen LogP contribution in [0.3, 0.4) is 0 Å². The third-order valence-corrected chi connectivity index (χ3v) is 8.44. The normalized spacial score (nSPS) is 14.7. The standard InChI is InChI=1S/C29H22Cl3FN2O2S/c30-19-7-10-21(25(32)15-19)28-23-12-14-38-26(23)11-13-35(28)27(36)17-34(16-18-5-8-20(33)9-6-18)29(37)22-3-1-2-4-24(22)31/h1-10,12,14-15,28H,11,13,16-17H2. The Balaban J connectivity index is 1.49. The van der Waals surface area contributed by atoms with Gasteiger partial charge in [-0.3, -0.25) is 9.59 Å². The van der Waals surface area contributed by atoms with Crippen LogP contribution in [0.25, 0.3) is 0 Å². The van der Waals surface area contributed by atoms with Crippen molar-refractivity contribution in [1.82, 2.24) is 9.80 Å². The summed E-state index contributed by atoms with van der Waals surface area (Å²) in [5, 5.41) is 3.28. The Hall–Kier alpha value is -2.90. The molecule has 0 saturated heterocycles. The molecule has 1 unspecified atom stereocenters. The SMILES string of the molecule is O=C(c1ccccc1Cl)N(CC(=O)N1CCc2sccc2C1c1ccc(Cl)cc1Cl)Cc1ccc(F)cc1. The number of hydrogen-bond donors (Lipinski definition) is 0. The number of carbonyl (C=O) groups excluding carboxylic acids is 2. The van der Waals surface area contributed by atoms with Crippen molar-refractivity contribution >= 4 is 58.0 Å². The Morgan fingerprint density at radius 2 is 1.71 bits per heavy atom. The van der Waals surface area contributed by atoms with Crippen molar-refractivity contribution in [2.45, 2.75) is 19.0 Å². The predicted octanol–water partition coefficient (Wildman–Crippen LogP) is 7.66. The summed E-state index contributed by atoms with van der Waals surface area (Å²) in [4.78, 5) is 32.0. The van der Waals surface area contributed by atoms with Gasteiger partial charge in [-0.15, -0.1) is 11.3 Å². The number of thiophene rings is 1. The predicted molar refractivity (Wildman–Crippen MR) is 151 cm³/mol. The number of benzene rings is 3. The summed E-state index contributed by atoms with van der Waals surface area (Å²) in [7, 11) is 0. The molecular formula is C29H22Cl3FN2O2S. The van der Waals surface area contributed by atoms with Crippen LogP contribution in [0, 0.1) is 5.82 Å². The maximum atomic E-state index is 13.9. The van der Waals surface area contributed by atoms with Crippen LogP contribution in [0.5, 0.6) is 0 Å². The zero-order valence-corrected chi connectivity index (χ0v) is 23.1. The Morgan fingerprint density at radius 1 is 0.947 bits per heavy atom. The highest BCUT2D eigenvalue weighted by Crippen LogP contribution is 2.41. The van der Waals surface area contributed by atoms with Crippen LogP contribution >= 0.6 is 46.1 Å². The first-order chi connectivity index (χ1) is 18.3. The molecule has 4 aromatic rings. The van der Waals surface area contributed by atoms with Crippen molar-refractivity contribution < 1.29 is 14.0 Å². The average Bonchev–Trinajstić information content (AvgIpc) is 3.38. The highest BCUT2D eigenvalue weighted by atomic mass is 35.5. The summed E-state index contributed by atoms with van der Waals surface area (Å²) >= 11 is 20.7. The molecule has 2 amide bonds. The minimum absolute atomic E-state index is 0.111. The Bertz CT molecular complexity index is 1490. The summed E-state index contributed by atoms with van der Waals surface area (Å²) in [5.41, 5.74) is 2.77. The maximum Gasteiger partial charge on any atom is 0.256 e. The molecule has 3 aromatic carbocycles. The van der Waals surface area contributed by atoms with Crippen LogP contribution in [-0.4, -0.2) is 34.7 Å². The van der Waals surface area contributed by atoms with Crippen molar-refractivity contribution in [1.29, 1.82) is 0 Å². The molecule has 2 heterocycles. The molecule has 0 saturated carbocycles. The van der Waals surface area contributed by atoms with Crippen molar-refractivity contribution in [3.05, 3.63) is 126 Å². The minimum atomic E-state index is -0.412. The summed E-state index contributed by atoms with van der Waals surface area (Å²) in [6, 6.07) is 19.4. The van der Waals surface area contributed by atoms with Crippen LogP contribution in [0.15, 0.2) is 78.2 Å². The number of hydrogen-bond acceptors (Lipinski definition) is 3. The third kappa shape index (κ3) is 5.59. The van der Waals surface area contributed by atoms with E-state index in [0.717, 1.165) is 11.1 Å². The van der Waals surface area contributed by atoms with Crippen LogP contribution in [0.4, 0.5) is 4.39 Å². The van der Waals surface area contributed by atoms with Crippen molar-refractivity contribution in [2.24, 2.45) is 0 Å². The summed E-state index contributed by atoms with van der Waals surface area (Å²) in [6.07, 6.45) is 0.705. The van der Waals surface area contributed by atoms with E-state index in [0.29, 0.717) is 39.2 Å². The Labute approximate surface area is 239 Å². The number of nitrogens with zero attached hydrogens (tertiary/aromatic N) is 2. The third-order valence-electron chi connectivity index (χ3n) is 6.55. The molecule has 4 nitrogen and oxygen atoms in total. The molecule has 5 rings (SSSR count). The van der Waals surface area contributed by atoms with Crippen LogP contribution in [-0.2, 0) is 17.8 Å². The van der Waals surface area contributed by atoms with Crippen LogP contribution in [0.2, 0.25) is 15.1 Å². The highest BCUT2D eigenvalue weighted by Gasteiger charge is 2.35. The lowest BCUT2D eigenvalue weighted by atomic mass is 9.93. The molecule has 0 N–H and O–H groups in total. The first kappa shape index (κ1) is 26.7. The van der Waals surface area contributed by atoms with Gasteiger partial charge in [-0.2, -0.15) is 0 Å². The lowest BCUT2D eigenvalue weighted by Crippen LogP contribution is -2.46. The van der Waals surface area contributed by atoms with E-state index < -0.39 is 6.04 Å².